The Morgan fingerprint density at radius 1 is 1.57 bits per heavy atom. The third kappa shape index (κ3) is 0.802. The largest absolute Gasteiger partial charge is 0.294 e. The van der Waals surface area contributed by atoms with Crippen molar-refractivity contribution < 1.29 is 8.42 Å². The van der Waals surface area contributed by atoms with Crippen molar-refractivity contribution in [3.8, 4) is 0 Å². The van der Waals surface area contributed by atoms with Crippen LogP contribution < -0.4 is 0 Å². The molecule has 1 aliphatic rings. The van der Waals surface area contributed by atoms with E-state index in [2.05, 4.69) is 10.2 Å². The van der Waals surface area contributed by atoms with Gasteiger partial charge in [0.1, 0.15) is 4.75 Å². The number of rotatable bonds is 1. The lowest BCUT2D eigenvalue weighted by Crippen LogP contribution is -2.32. The average Bonchev–Trinajstić information content (AvgIpc) is 2.57. The van der Waals surface area contributed by atoms with Gasteiger partial charge in [0.05, 0.1) is 0 Å². The molecular formula is C7H9N3O3S. The van der Waals surface area contributed by atoms with Gasteiger partial charge < -0.3 is 0 Å². The first-order valence-electron chi connectivity index (χ1n) is 4.03. The van der Waals surface area contributed by atoms with Crippen molar-refractivity contribution in [3.05, 3.63) is 17.3 Å². The fourth-order valence-electron chi connectivity index (χ4n) is 1.58. The van der Waals surface area contributed by atoms with Gasteiger partial charge in [0, 0.05) is 12.4 Å². The molecule has 0 amide bonds. The van der Waals surface area contributed by atoms with Gasteiger partial charge in [-0.2, -0.15) is 0 Å². The second-order valence-corrected chi connectivity index (χ2v) is 6.13. The Hall–Kier alpha value is -1.24. The van der Waals surface area contributed by atoms with Gasteiger partial charge in [0.25, 0.3) is 0 Å². The van der Waals surface area contributed by atoms with E-state index >= 15 is 0 Å². The second kappa shape index (κ2) is 2.41. The summed E-state index contributed by atoms with van der Waals surface area (Å²) < 4.78 is 23.8. The lowest BCUT2D eigenvalue weighted by molar-refractivity contribution is 0.418. The molecule has 6 nitrogen and oxygen atoms in total. The van der Waals surface area contributed by atoms with Crippen molar-refractivity contribution in [1.29, 1.82) is 0 Å². The average molecular weight is 215 g/mol. The maximum Gasteiger partial charge on any atom is 0.230 e. The Morgan fingerprint density at radius 2 is 2.21 bits per heavy atom. The van der Waals surface area contributed by atoms with E-state index in [4.69, 9.17) is 0 Å². The summed E-state index contributed by atoms with van der Waals surface area (Å²) in [5, 5.41) is 2.77. The Balaban J connectivity index is 2.79. The maximum atomic E-state index is 11.9. The smallest absolute Gasteiger partial charge is 0.230 e. The number of nitroso groups, excluding NO2 is 1. The number of nitrogens with zero attached hydrogens (tertiary/aromatic N) is 3. The van der Waals surface area contributed by atoms with Crippen LogP contribution in [0.15, 0.2) is 22.7 Å². The van der Waals surface area contributed by atoms with Gasteiger partial charge in [-0.25, -0.2) is 13.4 Å². The van der Waals surface area contributed by atoms with Gasteiger partial charge in [-0.1, -0.05) is 0 Å². The summed E-state index contributed by atoms with van der Waals surface area (Å²) >= 11 is 0. The van der Waals surface area contributed by atoms with Crippen LogP contribution in [0.5, 0.6) is 0 Å². The highest BCUT2D eigenvalue weighted by molar-refractivity contribution is 7.92. The summed E-state index contributed by atoms with van der Waals surface area (Å²) in [6.45, 7) is 2.95. The van der Waals surface area contributed by atoms with Crippen molar-refractivity contribution in [2.45, 2.75) is 29.9 Å². The fourth-order valence-corrected chi connectivity index (χ4v) is 3.12. The molecule has 0 N–H and O–H groups in total. The van der Waals surface area contributed by atoms with Crippen molar-refractivity contribution in [3.63, 3.8) is 0 Å². The standard InChI is InChI=1S/C7H9N3O3S/c1-7(2)5(9-11)10-4-3-8-6(10)14(7,12)13/h3-5H,1-2H3. The summed E-state index contributed by atoms with van der Waals surface area (Å²) in [5.41, 5.74) is 0. The summed E-state index contributed by atoms with van der Waals surface area (Å²) in [5.74, 6) is 0. The van der Waals surface area contributed by atoms with Gasteiger partial charge in [-0.3, -0.25) is 4.57 Å². The highest BCUT2D eigenvalue weighted by Crippen LogP contribution is 2.42. The van der Waals surface area contributed by atoms with Gasteiger partial charge in [-0.05, 0) is 19.0 Å². The minimum absolute atomic E-state index is 0.0768. The second-order valence-electron chi connectivity index (χ2n) is 3.70. The van der Waals surface area contributed by atoms with Crippen molar-refractivity contribution >= 4 is 9.84 Å². The van der Waals surface area contributed by atoms with E-state index in [0.717, 1.165) is 0 Å². The molecule has 0 saturated carbocycles. The molecule has 2 rings (SSSR count). The third-order valence-corrected chi connectivity index (χ3v) is 4.94. The summed E-state index contributed by atoms with van der Waals surface area (Å²) in [6, 6.07) is 0. The molecule has 1 aliphatic heterocycles. The van der Waals surface area contributed by atoms with Crippen molar-refractivity contribution in [2.75, 3.05) is 0 Å². The SMILES string of the molecule is CC1(C)C(N=O)n2ccnc2S1(=O)=O. The van der Waals surface area contributed by atoms with Crippen LogP contribution in [-0.2, 0) is 9.84 Å². The van der Waals surface area contributed by atoms with Gasteiger partial charge >= 0.3 is 0 Å². The van der Waals surface area contributed by atoms with Gasteiger partial charge in [-0.15, -0.1) is 4.91 Å². The summed E-state index contributed by atoms with van der Waals surface area (Å²) in [4.78, 5) is 14.3. The molecule has 0 saturated heterocycles. The highest BCUT2D eigenvalue weighted by Gasteiger charge is 2.54. The van der Waals surface area contributed by atoms with E-state index in [-0.39, 0.29) is 5.16 Å². The number of hydrogen-bond donors (Lipinski definition) is 0. The predicted molar refractivity (Wildman–Crippen MR) is 48.3 cm³/mol. The molecule has 1 aromatic heterocycles. The first-order valence-corrected chi connectivity index (χ1v) is 5.51. The predicted octanol–water partition coefficient (Wildman–Crippen LogP) is 0.714. The van der Waals surface area contributed by atoms with Gasteiger partial charge in [0.15, 0.2) is 6.17 Å². The molecule has 0 fully saturated rings. The molecule has 76 valence electrons. The van der Waals surface area contributed by atoms with Crippen LogP contribution in [-0.4, -0.2) is 22.7 Å². The lowest BCUT2D eigenvalue weighted by Gasteiger charge is -2.19. The number of hydrogen-bond acceptors (Lipinski definition) is 5. The Labute approximate surface area is 80.8 Å². The van der Waals surface area contributed by atoms with Crippen LogP contribution in [0.2, 0.25) is 0 Å². The molecule has 0 bridgehead atoms. The monoisotopic (exact) mass is 215 g/mol. The van der Waals surface area contributed by atoms with Crippen LogP contribution in [0.4, 0.5) is 0 Å². The normalized spacial score (nSPS) is 27.1. The first-order chi connectivity index (χ1) is 6.43. The van der Waals surface area contributed by atoms with Crippen LogP contribution in [0.3, 0.4) is 0 Å². The number of imidazole rings is 1. The molecule has 2 heterocycles. The number of aromatic nitrogens is 2. The van der Waals surface area contributed by atoms with Crippen LogP contribution in [0.1, 0.15) is 20.0 Å². The minimum atomic E-state index is -3.54. The molecular weight excluding hydrogens is 206 g/mol. The zero-order valence-corrected chi connectivity index (χ0v) is 8.52. The molecule has 1 unspecified atom stereocenters. The zero-order valence-electron chi connectivity index (χ0n) is 7.71. The molecule has 1 atom stereocenters. The van der Waals surface area contributed by atoms with Gasteiger partial charge in [0.2, 0.25) is 15.0 Å². The highest BCUT2D eigenvalue weighted by atomic mass is 32.2. The molecule has 0 spiro atoms. The summed E-state index contributed by atoms with van der Waals surface area (Å²) in [6.07, 6.45) is 1.87. The van der Waals surface area contributed by atoms with E-state index in [0.29, 0.717) is 0 Å². The van der Waals surface area contributed by atoms with Crippen molar-refractivity contribution in [1.82, 2.24) is 9.55 Å². The van der Waals surface area contributed by atoms with E-state index in [1.54, 1.807) is 0 Å². The molecule has 0 radical (unpaired) electrons. The Bertz CT molecular complexity index is 488. The maximum absolute atomic E-state index is 11.9. The van der Waals surface area contributed by atoms with Crippen LogP contribution >= 0.6 is 0 Å². The molecule has 0 aliphatic carbocycles. The molecule has 0 aromatic carbocycles. The lowest BCUT2D eigenvalue weighted by atomic mass is 10.1. The van der Waals surface area contributed by atoms with E-state index in [1.165, 1.54) is 30.8 Å². The first kappa shape index (κ1) is 9.32. The Morgan fingerprint density at radius 3 is 2.79 bits per heavy atom. The third-order valence-electron chi connectivity index (χ3n) is 2.55. The molecule has 7 heteroatoms. The van der Waals surface area contributed by atoms with Crippen LogP contribution in [0, 0.1) is 4.91 Å². The van der Waals surface area contributed by atoms with E-state index < -0.39 is 20.8 Å². The topological polar surface area (TPSA) is 81.4 Å². The quantitative estimate of drug-likeness (QED) is 0.646. The molecule has 14 heavy (non-hydrogen) atoms. The Kier molecular flexibility index (Phi) is 1.61. The fraction of sp³-hybridized carbons (Fsp3) is 0.571. The van der Waals surface area contributed by atoms with Crippen LogP contribution in [0.25, 0.3) is 0 Å². The van der Waals surface area contributed by atoms with E-state index in [1.807, 2.05) is 0 Å². The minimum Gasteiger partial charge on any atom is -0.294 e. The number of sulfone groups is 1. The summed E-state index contributed by atoms with van der Waals surface area (Å²) in [7, 11) is -3.54. The molecule has 1 aromatic rings. The number of fused-ring (bicyclic) bond motifs is 1. The van der Waals surface area contributed by atoms with Crippen molar-refractivity contribution in [2.24, 2.45) is 5.18 Å². The zero-order chi connectivity index (χ0) is 10.6. The van der Waals surface area contributed by atoms with E-state index in [9.17, 15) is 13.3 Å².